The van der Waals surface area contributed by atoms with Crippen molar-refractivity contribution in [3.05, 3.63) is 24.0 Å². The molecule has 0 saturated heterocycles. The molecule has 3 heteroatoms. The minimum atomic E-state index is 0.258. The van der Waals surface area contributed by atoms with Crippen molar-refractivity contribution in [2.24, 2.45) is 11.7 Å². The minimum absolute atomic E-state index is 0.258. The summed E-state index contributed by atoms with van der Waals surface area (Å²) in [7, 11) is 0. The fourth-order valence-electron chi connectivity index (χ4n) is 2.02. The summed E-state index contributed by atoms with van der Waals surface area (Å²) in [6.07, 6.45) is 7.99. The first-order valence-electron chi connectivity index (χ1n) is 6.30. The van der Waals surface area contributed by atoms with Crippen LogP contribution in [0.15, 0.2) is 18.5 Å². The van der Waals surface area contributed by atoms with Crippen LogP contribution in [0.2, 0.25) is 0 Å². The van der Waals surface area contributed by atoms with Gasteiger partial charge in [-0.05, 0) is 43.7 Å². The molecule has 16 heavy (non-hydrogen) atoms. The van der Waals surface area contributed by atoms with Crippen LogP contribution in [0, 0.1) is 5.92 Å². The number of aromatic nitrogens is 1. The number of ether oxygens (including phenoxy) is 1. The lowest BCUT2D eigenvalue weighted by molar-refractivity contribution is 0.141. The molecule has 3 nitrogen and oxygen atoms in total. The first kappa shape index (κ1) is 11.7. The molecule has 90 valence electrons. The Hall–Kier alpha value is -0.800. The number of nitrogens with zero attached hydrogens (tertiary/aromatic N) is 1. The number of hydrogen-bond donors (Lipinski definition) is 1. The summed E-state index contributed by atoms with van der Waals surface area (Å²) < 4.78 is 7.54. The van der Waals surface area contributed by atoms with Gasteiger partial charge in [-0.3, -0.25) is 0 Å². The van der Waals surface area contributed by atoms with Crippen LogP contribution in [0.1, 0.15) is 37.8 Å². The number of aryl methyl sites for hydroxylation is 1. The summed E-state index contributed by atoms with van der Waals surface area (Å²) in [6, 6.07) is 2.41. The van der Waals surface area contributed by atoms with Crippen molar-refractivity contribution in [1.82, 2.24) is 4.57 Å². The molecular weight excluding hydrogens is 200 g/mol. The Bertz CT molecular complexity index is 317. The maximum Gasteiger partial charge on any atom is 0.0482 e. The van der Waals surface area contributed by atoms with E-state index in [0.717, 1.165) is 32.1 Å². The van der Waals surface area contributed by atoms with Crippen LogP contribution in [-0.4, -0.2) is 17.8 Å². The van der Waals surface area contributed by atoms with E-state index in [4.69, 9.17) is 10.5 Å². The van der Waals surface area contributed by atoms with Crippen molar-refractivity contribution in [2.75, 3.05) is 13.2 Å². The zero-order valence-electron chi connectivity index (χ0n) is 10.1. The van der Waals surface area contributed by atoms with Crippen molar-refractivity contribution in [1.29, 1.82) is 0 Å². The van der Waals surface area contributed by atoms with Gasteiger partial charge in [-0.25, -0.2) is 0 Å². The predicted molar refractivity (Wildman–Crippen MR) is 65.2 cm³/mol. The lowest BCUT2D eigenvalue weighted by atomic mass is 10.1. The molecule has 0 amide bonds. The fourth-order valence-corrected chi connectivity index (χ4v) is 2.02. The Labute approximate surface area is 97.6 Å². The number of rotatable bonds is 7. The summed E-state index contributed by atoms with van der Waals surface area (Å²) >= 11 is 0. The lowest BCUT2D eigenvalue weighted by Crippen LogP contribution is -2.11. The summed E-state index contributed by atoms with van der Waals surface area (Å²) in [5.41, 5.74) is 7.44. The molecule has 0 aliphatic heterocycles. The van der Waals surface area contributed by atoms with Gasteiger partial charge in [0, 0.05) is 38.2 Å². The molecule has 1 aromatic rings. The fraction of sp³-hybridized carbons (Fsp3) is 0.692. The van der Waals surface area contributed by atoms with Gasteiger partial charge < -0.3 is 15.0 Å². The highest BCUT2D eigenvalue weighted by atomic mass is 16.5. The average Bonchev–Trinajstić information content (AvgIpc) is 3.03. The van der Waals surface area contributed by atoms with Gasteiger partial charge in [-0.15, -0.1) is 0 Å². The Morgan fingerprint density at radius 3 is 3.06 bits per heavy atom. The number of hydrogen-bond acceptors (Lipinski definition) is 2. The summed E-state index contributed by atoms with van der Waals surface area (Å²) in [4.78, 5) is 0. The summed E-state index contributed by atoms with van der Waals surface area (Å²) in [5.74, 6) is 0.735. The van der Waals surface area contributed by atoms with E-state index in [9.17, 15) is 0 Å². The molecule has 0 radical (unpaired) electrons. The van der Waals surface area contributed by atoms with Gasteiger partial charge in [-0.2, -0.15) is 0 Å². The lowest BCUT2D eigenvalue weighted by Gasteiger charge is -2.07. The molecule has 0 spiro atoms. The van der Waals surface area contributed by atoms with E-state index >= 15 is 0 Å². The Kier molecular flexibility index (Phi) is 4.02. The van der Waals surface area contributed by atoms with E-state index in [2.05, 4.69) is 23.0 Å². The van der Waals surface area contributed by atoms with Crippen molar-refractivity contribution in [3.63, 3.8) is 0 Å². The molecule has 0 aromatic carbocycles. The molecule has 1 unspecified atom stereocenters. The number of nitrogens with two attached hydrogens (primary N) is 1. The van der Waals surface area contributed by atoms with Crippen LogP contribution in [-0.2, 0) is 11.3 Å². The van der Waals surface area contributed by atoms with Gasteiger partial charge in [-0.1, -0.05) is 0 Å². The maximum absolute atomic E-state index is 6.15. The van der Waals surface area contributed by atoms with E-state index in [1.165, 1.54) is 18.4 Å². The van der Waals surface area contributed by atoms with Crippen LogP contribution in [0.3, 0.4) is 0 Å². The molecule has 2 N–H and O–H groups in total. The molecule has 0 bridgehead atoms. The van der Waals surface area contributed by atoms with E-state index in [1.807, 2.05) is 6.92 Å². The third kappa shape index (κ3) is 3.09. The standard InChI is InChI=1S/C13H22N2O/c1-2-16-9-3-7-15-8-6-12(10-15)13(14)11-4-5-11/h6,8,10-11,13H,2-5,7,9,14H2,1H3. The smallest absolute Gasteiger partial charge is 0.0482 e. The van der Waals surface area contributed by atoms with Crippen molar-refractivity contribution in [2.45, 2.75) is 38.8 Å². The van der Waals surface area contributed by atoms with Crippen molar-refractivity contribution in [3.8, 4) is 0 Å². The topological polar surface area (TPSA) is 40.2 Å². The maximum atomic E-state index is 6.15. The molecule has 1 fully saturated rings. The van der Waals surface area contributed by atoms with Crippen molar-refractivity contribution >= 4 is 0 Å². The molecule has 1 aliphatic rings. The first-order chi connectivity index (χ1) is 7.81. The molecular formula is C13H22N2O. The zero-order valence-corrected chi connectivity index (χ0v) is 10.1. The van der Waals surface area contributed by atoms with Crippen molar-refractivity contribution < 1.29 is 4.74 Å². The normalized spacial score (nSPS) is 17.6. The van der Waals surface area contributed by atoms with Gasteiger partial charge in [0.1, 0.15) is 0 Å². The molecule has 2 rings (SSSR count). The van der Waals surface area contributed by atoms with Gasteiger partial charge in [0.05, 0.1) is 0 Å². The minimum Gasteiger partial charge on any atom is -0.382 e. The van der Waals surface area contributed by atoms with Gasteiger partial charge in [0.25, 0.3) is 0 Å². The van der Waals surface area contributed by atoms with Gasteiger partial charge in [0.2, 0.25) is 0 Å². The third-order valence-electron chi connectivity index (χ3n) is 3.20. The predicted octanol–water partition coefficient (Wildman–Crippen LogP) is 2.32. The second kappa shape index (κ2) is 5.51. The first-order valence-corrected chi connectivity index (χ1v) is 6.30. The molecule has 1 aliphatic carbocycles. The van der Waals surface area contributed by atoms with E-state index in [1.54, 1.807) is 0 Å². The molecule has 1 atom stereocenters. The molecule has 1 heterocycles. The summed E-state index contributed by atoms with van der Waals surface area (Å²) in [6.45, 7) is 4.71. The Morgan fingerprint density at radius 2 is 2.38 bits per heavy atom. The van der Waals surface area contributed by atoms with E-state index in [-0.39, 0.29) is 6.04 Å². The third-order valence-corrected chi connectivity index (χ3v) is 3.20. The summed E-state index contributed by atoms with van der Waals surface area (Å²) in [5, 5.41) is 0. The second-order valence-corrected chi connectivity index (χ2v) is 4.60. The zero-order chi connectivity index (χ0) is 11.4. The second-order valence-electron chi connectivity index (χ2n) is 4.60. The Morgan fingerprint density at radius 1 is 1.56 bits per heavy atom. The quantitative estimate of drug-likeness (QED) is 0.719. The van der Waals surface area contributed by atoms with Gasteiger partial charge >= 0.3 is 0 Å². The van der Waals surface area contributed by atoms with E-state index in [0.29, 0.717) is 0 Å². The van der Waals surface area contributed by atoms with Crippen LogP contribution in [0.4, 0.5) is 0 Å². The SMILES string of the molecule is CCOCCCn1ccc(C(N)C2CC2)c1. The van der Waals surface area contributed by atoms with Crippen LogP contribution >= 0.6 is 0 Å². The largest absolute Gasteiger partial charge is 0.382 e. The van der Waals surface area contributed by atoms with Crippen LogP contribution in [0.25, 0.3) is 0 Å². The molecule has 1 saturated carbocycles. The Balaban J connectivity index is 1.77. The van der Waals surface area contributed by atoms with Gasteiger partial charge in [0.15, 0.2) is 0 Å². The highest BCUT2D eigenvalue weighted by molar-refractivity contribution is 5.17. The van der Waals surface area contributed by atoms with Crippen LogP contribution in [0.5, 0.6) is 0 Å². The molecule has 1 aromatic heterocycles. The monoisotopic (exact) mass is 222 g/mol. The highest BCUT2D eigenvalue weighted by Crippen LogP contribution is 2.39. The average molecular weight is 222 g/mol. The van der Waals surface area contributed by atoms with Crippen LogP contribution < -0.4 is 5.73 Å². The van der Waals surface area contributed by atoms with E-state index < -0.39 is 0 Å². The highest BCUT2D eigenvalue weighted by Gasteiger charge is 2.29.